The lowest BCUT2D eigenvalue weighted by Gasteiger charge is -2.19. The summed E-state index contributed by atoms with van der Waals surface area (Å²) in [4.78, 5) is 26.0. The van der Waals surface area contributed by atoms with E-state index in [0.29, 0.717) is 10.7 Å². The van der Waals surface area contributed by atoms with Gasteiger partial charge in [0.15, 0.2) is 0 Å². The Hall–Kier alpha value is -1.20. The number of thioether (sulfide) groups is 1. The molecule has 1 saturated heterocycles. The second-order valence-electron chi connectivity index (χ2n) is 4.69. The number of nitrogens with two attached hydrogens (primary N) is 1. The fourth-order valence-electron chi connectivity index (χ4n) is 2.02. The van der Waals surface area contributed by atoms with Gasteiger partial charge in [0.2, 0.25) is 11.8 Å². The molecule has 1 fully saturated rings. The monoisotopic (exact) mass is 298 g/mol. The molecule has 1 heterocycles. The molecule has 4 nitrogen and oxygen atoms in total. The van der Waals surface area contributed by atoms with Crippen molar-refractivity contribution in [2.45, 2.75) is 36.5 Å². The second kappa shape index (κ2) is 5.43. The van der Waals surface area contributed by atoms with Crippen LogP contribution in [-0.4, -0.2) is 28.0 Å². The predicted molar refractivity (Wildman–Crippen MR) is 77.1 cm³/mol. The van der Waals surface area contributed by atoms with Gasteiger partial charge in [-0.05, 0) is 32.0 Å². The third-order valence-corrected chi connectivity index (χ3v) is 4.40. The van der Waals surface area contributed by atoms with Crippen molar-refractivity contribution >= 4 is 40.9 Å². The molecule has 19 heavy (non-hydrogen) atoms. The number of halogens is 1. The van der Waals surface area contributed by atoms with Gasteiger partial charge in [0, 0.05) is 28.1 Å². The van der Waals surface area contributed by atoms with E-state index in [-0.39, 0.29) is 24.3 Å². The summed E-state index contributed by atoms with van der Waals surface area (Å²) in [7, 11) is 0. The number of nitrogens with zero attached hydrogens (tertiary/aromatic N) is 1. The van der Waals surface area contributed by atoms with E-state index in [1.54, 1.807) is 18.2 Å². The number of benzene rings is 1. The number of nitrogen functional groups attached to an aromatic ring is 1. The zero-order valence-electron chi connectivity index (χ0n) is 10.7. The van der Waals surface area contributed by atoms with E-state index in [9.17, 15) is 9.59 Å². The largest absolute Gasteiger partial charge is 0.398 e. The van der Waals surface area contributed by atoms with Gasteiger partial charge in [0.1, 0.15) is 0 Å². The summed E-state index contributed by atoms with van der Waals surface area (Å²) in [6, 6.07) is 5.01. The van der Waals surface area contributed by atoms with Gasteiger partial charge in [-0.15, -0.1) is 11.8 Å². The molecular weight excluding hydrogens is 284 g/mol. The quantitative estimate of drug-likeness (QED) is 0.688. The summed E-state index contributed by atoms with van der Waals surface area (Å²) >= 11 is 7.22. The normalized spacial score (nSPS) is 19.6. The number of imide groups is 1. The van der Waals surface area contributed by atoms with Crippen molar-refractivity contribution in [2.24, 2.45) is 0 Å². The van der Waals surface area contributed by atoms with Crippen LogP contribution in [0.1, 0.15) is 20.3 Å². The summed E-state index contributed by atoms with van der Waals surface area (Å²) in [5.41, 5.74) is 6.42. The van der Waals surface area contributed by atoms with E-state index in [1.807, 2.05) is 13.8 Å². The first kappa shape index (κ1) is 14.2. The Morgan fingerprint density at radius 1 is 1.42 bits per heavy atom. The molecule has 1 unspecified atom stereocenters. The molecule has 0 aliphatic carbocycles. The third-order valence-electron chi connectivity index (χ3n) is 2.90. The highest BCUT2D eigenvalue weighted by Gasteiger charge is 2.40. The van der Waals surface area contributed by atoms with Gasteiger partial charge in [-0.25, -0.2) is 0 Å². The fraction of sp³-hybridized carbons (Fsp3) is 0.385. The first-order chi connectivity index (χ1) is 8.90. The molecule has 1 atom stereocenters. The molecule has 2 rings (SSSR count). The number of anilines is 1. The molecule has 1 aromatic rings. The lowest BCUT2D eigenvalue weighted by molar-refractivity contribution is -0.140. The van der Waals surface area contributed by atoms with Crippen LogP contribution in [-0.2, 0) is 9.59 Å². The molecule has 1 aliphatic heterocycles. The van der Waals surface area contributed by atoms with Crippen molar-refractivity contribution in [3.63, 3.8) is 0 Å². The Morgan fingerprint density at radius 3 is 2.68 bits per heavy atom. The van der Waals surface area contributed by atoms with E-state index in [2.05, 4.69) is 0 Å². The summed E-state index contributed by atoms with van der Waals surface area (Å²) in [6.45, 7) is 3.66. The average molecular weight is 299 g/mol. The SMILES string of the molecule is CC(C)N1C(=O)CC(Sc2cc(Cl)ccc2N)C1=O. The van der Waals surface area contributed by atoms with E-state index >= 15 is 0 Å². The van der Waals surface area contributed by atoms with Crippen molar-refractivity contribution < 1.29 is 9.59 Å². The zero-order chi connectivity index (χ0) is 14.2. The van der Waals surface area contributed by atoms with Crippen molar-refractivity contribution in [1.82, 2.24) is 4.90 Å². The number of rotatable bonds is 3. The second-order valence-corrected chi connectivity index (χ2v) is 6.37. The lowest BCUT2D eigenvalue weighted by atomic mass is 10.3. The molecule has 0 bridgehead atoms. The van der Waals surface area contributed by atoms with Crippen LogP contribution in [0.3, 0.4) is 0 Å². The number of amides is 2. The molecule has 0 radical (unpaired) electrons. The minimum atomic E-state index is -0.407. The van der Waals surface area contributed by atoms with Gasteiger partial charge in [-0.2, -0.15) is 0 Å². The van der Waals surface area contributed by atoms with Crippen LogP contribution in [0.25, 0.3) is 0 Å². The number of likely N-dealkylation sites (tertiary alicyclic amines) is 1. The van der Waals surface area contributed by atoms with Crippen LogP contribution in [0, 0.1) is 0 Å². The first-order valence-electron chi connectivity index (χ1n) is 5.97. The van der Waals surface area contributed by atoms with E-state index in [0.717, 1.165) is 4.90 Å². The number of hydrogen-bond acceptors (Lipinski definition) is 4. The predicted octanol–water partition coefficient (Wildman–Crippen LogP) is 2.55. The molecular formula is C13H15ClN2O2S. The smallest absolute Gasteiger partial charge is 0.243 e. The van der Waals surface area contributed by atoms with E-state index in [4.69, 9.17) is 17.3 Å². The molecule has 102 valence electrons. The molecule has 2 N–H and O–H groups in total. The van der Waals surface area contributed by atoms with Crippen molar-refractivity contribution in [1.29, 1.82) is 0 Å². The van der Waals surface area contributed by atoms with Crippen LogP contribution in [0.5, 0.6) is 0 Å². The summed E-state index contributed by atoms with van der Waals surface area (Å²) in [5.74, 6) is -0.275. The van der Waals surface area contributed by atoms with Crippen LogP contribution in [0.2, 0.25) is 5.02 Å². The number of carbonyl (C=O) groups excluding carboxylic acids is 2. The first-order valence-corrected chi connectivity index (χ1v) is 7.23. The highest BCUT2D eigenvalue weighted by Crippen LogP contribution is 2.36. The topological polar surface area (TPSA) is 63.4 Å². The van der Waals surface area contributed by atoms with E-state index < -0.39 is 5.25 Å². The Morgan fingerprint density at radius 2 is 2.11 bits per heavy atom. The minimum Gasteiger partial charge on any atom is -0.398 e. The van der Waals surface area contributed by atoms with Crippen molar-refractivity contribution in [3.8, 4) is 0 Å². The fourth-order valence-corrected chi connectivity index (χ4v) is 3.40. The van der Waals surface area contributed by atoms with Crippen LogP contribution in [0.4, 0.5) is 5.69 Å². The Bertz CT molecular complexity index is 533. The Labute approximate surface area is 121 Å². The molecule has 0 aromatic heterocycles. The van der Waals surface area contributed by atoms with Crippen LogP contribution >= 0.6 is 23.4 Å². The van der Waals surface area contributed by atoms with Gasteiger partial charge in [-0.1, -0.05) is 11.6 Å². The maximum absolute atomic E-state index is 12.2. The summed E-state index contributed by atoms with van der Waals surface area (Å²) in [6.07, 6.45) is 0.216. The lowest BCUT2D eigenvalue weighted by Crippen LogP contribution is -2.37. The van der Waals surface area contributed by atoms with Crippen LogP contribution in [0.15, 0.2) is 23.1 Å². The van der Waals surface area contributed by atoms with Gasteiger partial charge in [0.25, 0.3) is 0 Å². The zero-order valence-corrected chi connectivity index (χ0v) is 12.3. The molecule has 6 heteroatoms. The van der Waals surface area contributed by atoms with Crippen LogP contribution < -0.4 is 5.73 Å². The molecule has 0 spiro atoms. The Kier molecular flexibility index (Phi) is 4.06. The Balaban J connectivity index is 2.19. The molecule has 2 amide bonds. The maximum Gasteiger partial charge on any atom is 0.243 e. The standard InChI is InChI=1S/C13H15ClN2O2S/c1-7(2)16-12(17)6-11(13(16)18)19-10-5-8(14)3-4-9(10)15/h3-5,7,11H,6,15H2,1-2H3. The van der Waals surface area contributed by atoms with E-state index in [1.165, 1.54) is 16.7 Å². The van der Waals surface area contributed by atoms with Crippen molar-refractivity contribution in [3.05, 3.63) is 23.2 Å². The molecule has 1 aromatic carbocycles. The minimum absolute atomic E-state index is 0.109. The van der Waals surface area contributed by atoms with Gasteiger partial charge in [-0.3, -0.25) is 14.5 Å². The summed E-state index contributed by atoms with van der Waals surface area (Å²) in [5, 5.41) is 0.157. The molecule has 1 aliphatic rings. The maximum atomic E-state index is 12.2. The molecule has 0 saturated carbocycles. The number of hydrogen-bond donors (Lipinski definition) is 1. The third kappa shape index (κ3) is 2.87. The summed E-state index contributed by atoms with van der Waals surface area (Å²) < 4.78 is 0. The average Bonchev–Trinajstić information content (AvgIpc) is 2.59. The van der Waals surface area contributed by atoms with Gasteiger partial charge < -0.3 is 5.73 Å². The van der Waals surface area contributed by atoms with Gasteiger partial charge >= 0.3 is 0 Å². The van der Waals surface area contributed by atoms with Crippen molar-refractivity contribution in [2.75, 3.05) is 5.73 Å². The highest BCUT2D eigenvalue weighted by molar-refractivity contribution is 8.00. The highest BCUT2D eigenvalue weighted by atomic mass is 35.5. The van der Waals surface area contributed by atoms with Gasteiger partial charge in [0.05, 0.1) is 5.25 Å². The number of carbonyl (C=O) groups is 2.